The highest BCUT2D eigenvalue weighted by Crippen LogP contribution is 2.37. The van der Waals surface area contributed by atoms with Gasteiger partial charge in [0, 0.05) is 5.92 Å². The lowest BCUT2D eigenvalue weighted by atomic mass is 9.83. The molecule has 0 aliphatic heterocycles. The molecule has 1 aliphatic rings. The Kier molecular flexibility index (Phi) is 0.922. The maximum Gasteiger partial charge on any atom is 0.110 e. The van der Waals surface area contributed by atoms with Crippen molar-refractivity contribution < 1.29 is 4.42 Å². The van der Waals surface area contributed by atoms with Crippen molar-refractivity contribution in [2.24, 2.45) is 0 Å². The molecule has 0 aromatic carbocycles. The van der Waals surface area contributed by atoms with E-state index in [2.05, 4.69) is 13.0 Å². The molecule has 1 heterocycles. The van der Waals surface area contributed by atoms with Crippen LogP contribution in [0.5, 0.6) is 0 Å². The van der Waals surface area contributed by atoms with Crippen molar-refractivity contribution in [2.75, 3.05) is 0 Å². The van der Waals surface area contributed by atoms with Crippen LogP contribution in [0.3, 0.4) is 0 Å². The van der Waals surface area contributed by atoms with Gasteiger partial charge in [0.05, 0.1) is 6.26 Å². The molecule has 1 heteroatoms. The van der Waals surface area contributed by atoms with Crippen LogP contribution in [0.25, 0.3) is 0 Å². The summed E-state index contributed by atoms with van der Waals surface area (Å²) in [7, 11) is 0. The van der Waals surface area contributed by atoms with Crippen molar-refractivity contribution in [2.45, 2.75) is 25.7 Å². The van der Waals surface area contributed by atoms with Gasteiger partial charge in [-0.1, -0.05) is 6.92 Å². The standard InChI is InChI=1S/C8H10O/c1-2-6-5-7-3-4-9-8(6)7/h3-4,6H,2,5H2,1H3. The number of fused-ring (bicyclic) bond motifs is 1. The molecule has 0 saturated carbocycles. The Morgan fingerprint density at radius 2 is 2.67 bits per heavy atom. The number of furan rings is 1. The van der Waals surface area contributed by atoms with Crippen LogP contribution in [0, 0.1) is 0 Å². The third-order valence-electron chi connectivity index (χ3n) is 2.11. The maximum atomic E-state index is 5.25. The molecule has 0 radical (unpaired) electrons. The topological polar surface area (TPSA) is 13.1 Å². The molecule has 1 unspecified atom stereocenters. The molecule has 1 aliphatic carbocycles. The molecular formula is C8H10O. The average Bonchev–Trinajstić information content (AvgIpc) is 2.14. The zero-order valence-electron chi connectivity index (χ0n) is 5.55. The van der Waals surface area contributed by atoms with Crippen molar-refractivity contribution in [3.05, 3.63) is 23.7 Å². The zero-order chi connectivity index (χ0) is 6.27. The minimum Gasteiger partial charge on any atom is -0.469 e. The van der Waals surface area contributed by atoms with Crippen molar-refractivity contribution in [1.82, 2.24) is 0 Å². The fourth-order valence-corrected chi connectivity index (χ4v) is 1.43. The van der Waals surface area contributed by atoms with E-state index in [0.29, 0.717) is 0 Å². The molecule has 48 valence electrons. The molecule has 1 aromatic rings. The summed E-state index contributed by atoms with van der Waals surface area (Å²) >= 11 is 0. The molecule has 9 heavy (non-hydrogen) atoms. The van der Waals surface area contributed by atoms with Gasteiger partial charge < -0.3 is 4.42 Å². The molecule has 1 aromatic heterocycles. The molecule has 0 fully saturated rings. The quantitative estimate of drug-likeness (QED) is 0.557. The predicted octanol–water partition coefficient (Wildman–Crippen LogP) is 2.33. The lowest BCUT2D eigenvalue weighted by Crippen LogP contribution is -2.12. The van der Waals surface area contributed by atoms with Gasteiger partial charge in [-0.3, -0.25) is 0 Å². The van der Waals surface area contributed by atoms with E-state index in [0.717, 1.165) is 5.92 Å². The smallest absolute Gasteiger partial charge is 0.110 e. The summed E-state index contributed by atoms with van der Waals surface area (Å²) in [5.74, 6) is 1.97. The van der Waals surface area contributed by atoms with E-state index in [1.165, 1.54) is 24.2 Å². The van der Waals surface area contributed by atoms with Gasteiger partial charge in [-0.2, -0.15) is 0 Å². The van der Waals surface area contributed by atoms with Gasteiger partial charge in [-0.15, -0.1) is 0 Å². The summed E-state index contributed by atoms with van der Waals surface area (Å²) in [5, 5.41) is 0. The van der Waals surface area contributed by atoms with E-state index in [-0.39, 0.29) is 0 Å². The first-order valence-corrected chi connectivity index (χ1v) is 3.48. The third kappa shape index (κ3) is 0.546. The first kappa shape index (κ1) is 5.10. The van der Waals surface area contributed by atoms with Crippen LogP contribution >= 0.6 is 0 Å². The molecule has 0 bridgehead atoms. The van der Waals surface area contributed by atoms with Crippen molar-refractivity contribution in [3.63, 3.8) is 0 Å². The van der Waals surface area contributed by atoms with E-state index in [1.54, 1.807) is 6.26 Å². The van der Waals surface area contributed by atoms with E-state index in [9.17, 15) is 0 Å². The molecule has 1 atom stereocenters. The zero-order valence-corrected chi connectivity index (χ0v) is 5.55. The van der Waals surface area contributed by atoms with Crippen LogP contribution < -0.4 is 0 Å². The van der Waals surface area contributed by atoms with Gasteiger partial charge >= 0.3 is 0 Å². The highest BCUT2D eigenvalue weighted by molar-refractivity contribution is 5.31. The van der Waals surface area contributed by atoms with Crippen LogP contribution in [0.4, 0.5) is 0 Å². The van der Waals surface area contributed by atoms with Crippen molar-refractivity contribution in [3.8, 4) is 0 Å². The molecular weight excluding hydrogens is 112 g/mol. The minimum atomic E-state index is 0.731. The SMILES string of the molecule is CCC1Cc2ccoc21. The summed E-state index contributed by atoms with van der Waals surface area (Å²) in [6.07, 6.45) is 4.25. The van der Waals surface area contributed by atoms with E-state index >= 15 is 0 Å². The van der Waals surface area contributed by atoms with Gasteiger partial charge in [0.25, 0.3) is 0 Å². The Balaban J connectivity index is 2.31. The summed E-state index contributed by atoms with van der Waals surface area (Å²) in [4.78, 5) is 0. The van der Waals surface area contributed by atoms with Crippen LogP contribution in [-0.2, 0) is 6.42 Å². The molecule has 2 rings (SSSR count). The largest absolute Gasteiger partial charge is 0.469 e. The lowest BCUT2D eigenvalue weighted by molar-refractivity contribution is 0.410. The Hall–Kier alpha value is -0.720. The number of hydrogen-bond acceptors (Lipinski definition) is 1. The normalized spacial score (nSPS) is 23.0. The predicted molar refractivity (Wildman–Crippen MR) is 35.4 cm³/mol. The second kappa shape index (κ2) is 1.63. The Labute approximate surface area is 54.7 Å². The first-order valence-electron chi connectivity index (χ1n) is 3.48. The van der Waals surface area contributed by atoms with Gasteiger partial charge in [-0.25, -0.2) is 0 Å². The Bertz CT molecular complexity index is 212. The molecule has 1 nitrogen and oxygen atoms in total. The minimum absolute atomic E-state index is 0.731. The van der Waals surface area contributed by atoms with Gasteiger partial charge in [-0.05, 0) is 24.5 Å². The van der Waals surface area contributed by atoms with E-state index < -0.39 is 0 Å². The molecule has 0 spiro atoms. The summed E-state index contributed by atoms with van der Waals surface area (Å²) < 4.78 is 5.25. The van der Waals surface area contributed by atoms with Gasteiger partial charge in [0.15, 0.2) is 0 Å². The molecule has 0 amide bonds. The first-order chi connectivity index (χ1) is 4.42. The highest BCUT2D eigenvalue weighted by Gasteiger charge is 2.27. The fraction of sp³-hybridized carbons (Fsp3) is 0.500. The number of rotatable bonds is 1. The van der Waals surface area contributed by atoms with E-state index in [1.807, 2.05) is 0 Å². The van der Waals surface area contributed by atoms with Crippen LogP contribution in [0.1, 0.15) is 30.6 Å². The monoisotopic (exact) mass is 122 g/mol. The van der Waals surface area contributed by atoms with Crippen LogP contribution in [-0.4, -0.2) is 0 Å². The fourth-order valence-electron chi connectivity index (χ4n) is 1.43. The second-order valence-corrected chi connectivity index (χ2v) is 2.62. The lowest BCUT2D eigenvalue weighted by Gasteiger charge is -2.22. The summed E-state index contributed by atoms with van der Waals surface area (Å²) in [6.45, 7) is 2.20. The Morgan fingerprint density at radius 1 is 1.78 bits per heavy atom. The van der Waals surface area contributed by atoms with Crippen LogP contribution in [0.2, 0.25) is 0 Å². The molecule has 0 N–H and O–H groups in total. The van der Waals surface area contributed by atoms with Crippen LogP contribution in [0.15, 0.2) is 16.7 Å². The van der Waals surface area contributed by atoms with E-state index in [4.69, 9.17) is 4.42 Å². The maximum absolute atomic E-state index is 5.25. The Morgan fingerprint density at radius 3 is 3.33 bits per heavy atom. The van der Waals surface area contributed by atoms with Gasteiger partial charge in [0.2, 0.25) is 0 Å². The van der Waals surface area contributed by atoms with Crippen molar-refractivity contribution >= 4 is 0 Å². The van der Waals surface area contributed by atoms with Crippen molar-refractivity contribution in [1.29, 1.82) is 0 Å². The number of hydrogen-bond donors (Lipinski definition) is 0. The summed E-state index contributed by atoms with van der Waals surface area (Å²) in [5.41, 5.74) is 1.42. The summed E-state index contributed by atoms with van der Waals surface area (Å²) in [6, 6.07) is 2.07. The molecule has 0 saturated heterocycles. The van der Waals surface area contributed by atoms with Gasteiger partial charge in [0.1, 0.15) is 5.76 Å². The third-order valence-corrected chi connectivity index (χ3v) is 2.11. The highest BCUT2D eigenvalue weighted by atomic mass is 16.3. The second-order valence-electron chi connectivity index (χ2n) is 2.62. The average molecular weight is 122 g/mol.